The lowest BCUT2D eigenvalue weighted by Crippen LogP contribution is -2.39. The lowest BCUT2D eigenvalue weighted by molar-refractivity contribution is 0.0918. The predicted octanol–water partition coefficient (Wildman–Crippen LogP) is 4.73. The molecule has 36 heavy (non-hydrogen) atoms. The van der Waals surface area contributed by atoms with E-state index in [1.54, 1.807) is 26.4 Å². The molecule has 0 saturated carbocycles. The molecule has 0 unspecified atom stereocenters. The van der Waals surface area contributed by atoms with Crippen LogP contribution in [0, 0.1) is 0 Å². The minimum absolute atomic E-state index is 0.194. The minimum Gasteiger partial charge on any atom is -0.497 e. The summed E-state index contributed by atoms with van der Waals surface area (Å²) in [7, 11) is 3.20. The Kier molecular flexibility index (Phi) is 6.56. The summed E-state index contributed by atoms with van der Waals surface area (Å²) >= 11 is 0. The normalized spacial score (nSPS) is 12.0. The molecule has 5 rings (SSSR count). The number of aliphatic hydroxyl groups excluding tert-OH is 1. The lowest BCUT2D eigenvalue weighted by Gasteiger charge is -2.18. The molecule has 0 bridgehead atoms. The second kappa shape index (κ2) is 10.1. The van der Waals surface area contributed by atoms with Crippen LogP contribution in [0.1, 0.15) is 15.9 Å². The highest BCUT2D eigenvalue weighted by atomic mass is 16.5. The first kappa shape index (κ1) is 23.4. The van der Waals surface area contributed by atoms with E-state index in [-0.39, 0.29) is 12.5 Å². The quantitative estimate of drug-likeness (QED) is 0.298. The molecule has 3 N–H and O–H groups in total. The molecule has 0 radical (unpaired) electrons. The fourth-order valence-corrected chi connectivity index (χ4v) is 4.44. The fraction of sp³-hybridized carbons (Fsp3) is 0.172. The number of methoxy groups -OCH3 is 2. The zero-order valence-electron chi connectivity index (χ0n) is 20.1. The molecule has 7 heteroatoms. The molecule has 0 aliphatic rings. The summed E-state index contributed by atoms with van der Waals surface area (Å²) in [6.45, 7) is -0.194. The average Bonchev–Trinajstić information content (AvgIpc) is 3.34. The topological polar surface area (TPSA) is 96.5 Å². The number of carbonyl (C=O) groups is 1. The Balaban J connectivity index is 1.51. The van der Waals surface area contributed by atoms with Crippen LogP contribution in [0.4, 0.5) is 0 Å². The number of benzene rings is 3. The smallest absolute Gasteiger partial charge is 0.252 e. The van der Waals surface area contributed by atoms with Crippen LogP contribution in [-0.2, 0) is 6.42 Å². The van der Waals surface area contributed by atoms with Crippen molar-refractivity contribution in [3.63, 3.8) is 0 Å². The summed E-state index contributed by atoms with van der Waals surface area (Å²) in [6.07, 6.45) is 2.41. The third-order valence-electron chi connectivity index (χ3n) is 6.32. The summed E-state index contributed by atoms with van der Waals surface area (Å²) in [5, 5.41) is 14.9. The Morgan fingerprint density at radius 2 is 1.78 bits per heavy atom. The van der Waals surface area contributed by atoms with E-state index in [4.69, 9.17) is 14.5 Å². The van der Waals surface area contributed by atoms with Gasteiger partial charge in [-0.05, 0) is 54.4 Å². The first-order valence-electron chi connectivity index (χ1n) is 11.7. The van der Waals surface area contributed by atoms with Crippen LogP contribution < -0.4 is 14.8 Å². The maximum atomic E-state index is 13.6. The van der Waals surface area contributed by atoms with Crippen LogP contribution in [0.2, 0.25) is 0 Å². The van der Waals surface area contributed by atoms with E-state index < -0.39 is 6.04 Å². The highest BCUT2D eigenvalue weighted by Crippen LogP contribution is 2.29. The maximum absolute atomic E-state index is 13.6. The molecule has 5 aromatic rings. The van der Waals surface area contributed by atoms with Crippen molar-refractivity contribution in [2.45, 2.75) is 12.5 Å². The van der Waals surface area contributed by atoms with Crippen LogP contribution in [0.5, 0.6) is 11.5 Å². The van der Waals surface area contributed by atoms with Gasteiger partial charge in [-0.1, -0.05) is 30.3 Å². The summed E-state index contributed by atoms with van der Waals surface area (Å²) < 4.78 is 10.8. The molecule has 0 fully saturated rings. The molecular weight excluding hydrogens is 454 g/mol. The van der Waals surface area contributed by atoms with Gasteiger partial charge in [-0.3, -0.25) is 4.79 Å². The molecule has 7 nitrogen and oxygen atoms in total. The number of ether oxygens (including phenoxy) is 2. The molecule has 0 aliphatic carbocycles. The molecule has 1 amide bonds. The zero-order valence-corrected chi connectivity index (χ0v) is 20.1. The molecule has 0 spiro atoms. The van der Waals surface area contributed by atoms with Gasteiger partial charge in [0.25, 0.3) is 5.91 Å². The highest BCUT2D eigenvalue weighted by Gasteiger charge is 2.20. The number of hydrogen-bond donors (Lipinski definition) is 3. The van der Waals surface area contributed by atoms with E-state index in [0.717, 1.165) is 22.0 Å². The largest absolute Gasteiger partial charge is 0.497 e. The van der Waals surface area contributed by atoms with E-state index in [1.807, 2.05) is 66.9 Å². The number of fused-ring (bicyclic) bond motifs is 2. The van der Waals surface area contributed by atoms with Crippen molar-refractivity contribution in [1.29, 1.82) is 0 Å². The highest BCUT2D eigenvalue weighted by molar-refractivity contribution is 6.07. The fourth-order valence-electron chi connectivity index (χ4n) is 4.44. The van der Waals surface area contributed by atoms with E-state index in [0.29, 0.717) is 40.1 Å². The Labute approximate surface area is 208 Å². The van der Waals surface area contributed by atoms with Gasteiger partial charge in [0.2, 0.25) is 0 Å². The van der Waals surface area contributed by atoms with Crippen molar-refractivity contribution < 1.29 is 19.4 Å². The molecule has 2 aromatic heterocycles. The van der Waals surface area contributed by atoms with E-state index >= 15 is 0 Å². The van der Waals surface area contributed by atoms with Gasteiger partial charge < -0.3 is 24.9 Å². The standard InChI is InChI=1S/C29H27N3O4/c1-35-21-7-5-6-18(13-21)28-15-25(24-14-22(36-2)10-11-27(24)32-28)29(34)31-20(17-33)12-19-16-30-26-9-4-3-8-23(19)26/h3-11,13-16,20,30,33H,12,17H2,1-2H3,(H,31,34)/t20-/m1/s1. The zero-order chi connectivity index (χ0) is 25.1. The SMILES string of the molecule is COc1cccc(-c2cc(C(=O)N[C@@H](CO)Cc3c[nH]c4ccccc34)c3cc(OC)ccc3n2)c1. The van der Waals surface area contributed by atoms with E-state index in [1.165, 1.54) is 0 Å². The molecule has 182 valence electrons. The number of hydrogen-bond acceptors (Lipinski definition) is 5. The van der Waals surface area contributed by atoms with Crippen molar-refractivity contribution in [3.05, 3.63) is 90.1 Å². The molecule has 0 saturated heterocycles. The number of nitrogens with one attached hydrogen (secondary N) is 2. The van der Waals surface area contributed by atoms with Crippen LogP contribution >= 0.6 is 0 Å². The number of rotatable bonds is 8. The van der Waals surface area contributed by atoms with Crippen molar-refractivity contribution in [3.8, 4) is 22.8 Å². The van der Waals surface area contributed by atoms with Crippen LogP contribution in [0.15, 0.2) is 79.0 Å². The van der Waals surface area contributed by atoms with Gasteiger partial charge in [0.1, 0.15) is 11.5 Å². The lowest BCUT2D eigenvalue weighted by atomic mass is 10.0. The number of aromatic nitrogens is 2. The molecular formula is C29H27N3O4. The van der Waals surface area contributed by atoms with Gasteiger partial charge in [-0.15, -0.1) is 0 Å². The summed E-state index contributed by atoms with van der Waals surface area (Å²) in [5.74, 6) is 1.04. The Morgan fingerprint density at radius 1 is 0.972 bits per heavy atom. The van der Waals surface area contributed by atoms with Gasteiger partial charge in [-0.2, -0.15) is 0 Å². The van der Waals surface area contributed by atoms with Crippen molar-refractivity contribution in [2.75, 3.05) is 20.8 Å². The Bertz CT molecular complexity index is 1540. The van der Waals surface area contributed by atoms with Crippen LogP contribution in [-0.4, -0.2) is 47.8 Å². The molecule has 1 atom stereocenters. The second-order valence-corrected chi connectivity index (χ2v) is 8.59. The minimum atomic E-state index is -0.467. The van der Waals surface area contributed by atoms with Crippen LogP contribution in [0.25, 0.3) is 33.1 Å². The van der Waals surface area contributed by atoms with Gasteiger partial charge in [0, 0.05) is 28.0 Å². The number of nitrogens with zero attached hydrogens (tertiary/aromatic N) is 1. The first-order valence-corrected chi connectivity index (χ1v) is 11.7. The maximum Gasteiger partial charge on any atom is 0.252 e. The predicted molar refractivity (Wildman–Crippen MR) is 141 cm³/mol. The van der Waals surface area contributed by atoms with Gasteiger partial charge in [0.05, 0.1) is 43.6 Å². The summed E-state index contributed by atoms with van der Waals surface area (Å²) in [4.78, 5) is 21.6. The number of aliphatic hydroxyl groups is 1. The van der Waals surface area contributed by atoms with Gasteiger partial charge in [0.15, 0.2) is 0 Å². The number of carbonyl (C=O) groups excluding carboxylic acids is 1. The summed E-state index contributed by atoms with van der Waals surface area (Å²) in [5.41, 5.74) is 4.65. The number of amides is 1. The first-order chi connectivity index (χ1) is 17.6. The van der Waals surface area contributed by atoms with Crippen molar-refractivity contribution in [1.82, 2.24) is 15.3 Å². The van der Waals surface area contributed by atoms with Crippen molar-refractivity contribution in [2.24, 2.45) is 0 Å². The third-order valence-corrected chi connectivity index (χ3v) is 6.32. The monoisotopic (exact) mass is 481 g/mol. The summed E-state index contributed by atoms with van der Waals surface area (Å²) in [6, 6.07) is 22.3. The molecule has 0 aliphatic heterocycles. The Morgan fingerprint density at radius 3 is 2.58 bits per heavy atom. The van der Waals surface area contributed by atoms with Gasteiger partial charge >= 0.3 is 0 Å². The van der Waals surface area contributed by atoms with E-state index in [9.17, 15) is 9.90 Å². The van der Waals surface area contributed by atoms with Crippen LogP contribution in [0.3, 0.4) is 0 Å². The number of aromatic amines is 1. The number of para-hydroxylation sites is 1. The average molecular weight is 482 g/mol. The molecule has 3 aromatic carbocycles. The Hall–Kier alpha value is -4.36. The number of H-pyrrole nitrogens is 1. The van der Waals surface area contributed by atoms with Gasteiger partial charge in [-0.25, -0.2) is 4.98 Å². The third kappa shape index (κ3) is 4.61. The van der Waals surface area contributed by atoms with Crippen molar-refractivity contribution >= 4 is 27.7 Å². The second-order valence-electron chi connectivity index (χ2n) is 8.59. The van der Waals surface area contributed by atoms with E-state index in [2.05, 4.69) is 10.3 Å². The number of pyridine rings is 1. The molecule has 2 heterocycles.